The molecule has 3 N–H and O–H groups in total. The number of aliphatic hydroxyl groups excluding tert-OH is 1. The Morgan fingerprint density at radius 3 is 2.56 bits per heavy atom. The molecule has 0 aliphatic carbocycles. The summed E-state index contributed by atoms with van der Waals surface area (Å²) in [5.74, 6) is -0.783. The zero-order valence-electron chi connectivity index (χ0n) is 15.7. The maximum Gasteiger partial charge on any atom is 0.341 e. The smallest absolute Gasteiger partial charge is 0.341 e. The molecule has 2 rings (SSSR count). The topological polar surface area (TPSA) is 78.8 Å². The van der Waals surface area contributed by atoms with Gasteiger partial charge in [0.25, 0.3) is 0 Å². The molecule has 2 aromatic carbocycles. The van der Waals surface area contributed by atoms with E-state index in [9.17, 15) is 15.0 Å². The molecule has 0 saturated carbocycles. The monoisotopic (exact) mass is 393 g/mol. The molecule has 0 saturated heterocycles. The number of esters is 1. The third-order valence-corrected chi connectivity index (χ3v) is 4.42. The summed E-state index contributed by atoms with van der Waals surface area (Å²) in [6, 6.07) is 15.1. The number of carbonyl (C=O) groups excluding carboxylic acids is 1. The van der Waals surface area contributed by atoms with E-state index < -0.39 is 12.1 Å². The first kappa shape index (κ1) is 23.0. The second kappa shape index (κ2) is 11.6. The lowest BCUT2D eigenvalue weighted by Gasteiger charge is -2.18. The third kappa shape index (κ3) is 7.21. The zero-order chi connectivity index (χ0) is 18.9. The summed E-state index contributed by atoms with van der Waals surface area (Å²) >= 11 is 0. The van der Waals surface area contributed by atoms with E-state index in [0.29, 0.717) is 12.1 Å². The average Bonchev–Trinajstić information content (AvgIpc) is 2.66. The maximum atomic E-state index is 11.6. The minimum Gasteiger partial charge on any atom is -0.507 e. The van der Waals surface area contributed by atoms with E-state index in [-0.39, 0.29) is 29.8 Å². The quantitative estimate of drug-likeness (QED) is 0.567. The lowest BCUT2D eigenvalue weighted by Crippen LogP contribution is -2.30. The molecular weight excluding hydrogens is 366 g/mol. The van der Waals surface area contributed by atoms with Crippen LogP contribution in [0.1, 0.15) is 47.4 Å². The highest BCUT2D eigenvalue weighted by Gasteiger charge is 2.16. The normalized spacial score (nSPS) is 12.7. The van der Waals surface area contributed by atoms with Crippen LogP contribution in [0.4, 0.5) is 0 Å². The molecule has 0 fully saturated rings. The molecule has 0 aliphatic heterocycles. The van der Waals surface area contributed by atoms with Gasteiger partial charge in [0.05, 0.1) is 13.2 Å². The highest BCUT2D eigenvalue weighted by atomic mass is 35.5. The van der Waals surface area contributed by atoms with Crippen LogP contribution in [0.2, 0.25) is 0 Å². The molecule has 5 nitrogen and oxygen atoms in total. The number of methoxy groups -OCH3 is 1. The standard InChI is InChI=1S/C21H27NO4.ClH/c1-15(7-6-10-16-8-4-3-5-9-16)22-14-20(24)17-11-12-19(23)18(13-17)21(25)26-2;/h3-5,8-9,11-13,15,20,22-24H,6-7,10,14H2,1-2H3;1H. The molecule has 2 atom stereocenters. The lowest BCUT2D eigenvalue weighted by molar-refractivity contribution is 0.0597. The Morgan fingerprint density at radius 2 is 1.89 bits per heavy atom. The Hall–Kier alpha value is -2.08. The molecule has 2 unspecified atom stereocenters. The molecule has 0 spiro atoms. The van der Waals surface area contributed by atoms with Gasteiger partial charge >= 0.3 is 5.97 Å². The molecule has 0 amide bonds. The highest BCUT2D eigenvalue weighted by Crippen LogP contribution is 2.23. The second-order valence-electron chi connectivity index (χ2n) is 6.47. The van der Waals surface area contributed by atoms with Gasteiger partial charge in [-0.3, -0.25) is 0 Å². The van der Waals surface area contributed by atoms with E-state index in [1.807, 2.05) is 18.2 Å². The van der Waals surface area contributed by atoms with Crippen LogP contribution < -0.4 is 5.32 Å². The molecule has 0 aromatic heterocycles. The van der Waals surface area contributed by atoms with Gasteiger partial charge < -0.3 is 20.3 Å². The van der Waals surface area contributed by atoms with Crippen LogP contribution in [0.25, 0.3) is 0 Å². The van der Waals surface area contributed by atoms with Crippen molar-refractivity contribution in [2.24, 2.45) is 0 Å². The van der Waals surface area contributed by atoms with Crippen molar-refractivity contribution < 1.29 is 19.7 Å². The minimum absolute atomic E-state index is 0. The largest absolute Gasteiger partial charge is 0.507 e. The summed E-state index contributed by atoms with van der Waals surface area (Å²) in [6.45, 7) is 2.46. The Balaban J connectivity index is 0.00000364. The summed E-state index contributed by atoms with van der Waals surface area (Å²) in [5, 5.41) is 23.4. The SMILES string of the molecule is COC(=O)c1cc(C(O)CNC(C)CCCc2ccccc2)ccc1O.Cl. The molecule has 148 valence electrons. The molecule has 0 bridgehead atoms. The maximum absolute atomic E-state index is 11.6. The van der Waals surface area contributed by atoms with Crippen LogP contribution in [-0.4, -0.2) is 35.9 Å². The number of aryl methyl sites for hydroxylation is 1. The first-order valence-corrected chi connectivity index (χ1v) is 8.88. The van der Waals surface area contributed by atoms with Crippen molar-refractivity contribution in [3.8, 4) is 5.75 Å². The van der Waals surface area contributed by atoms with Gasteiger partial charge in [-0.05, 0) is 49.4 Å². The summed E-state index contributed by atoms with van der Waals surface area (Å²) in [6.07, 6.45) is 2.34. The number of halogens is 1. The van der Waals surface area contributed by atoms with Gasteiger partial charge in [-0.15, -0.1) is 12.4 Å². The van der Waals surface area contributed by atoms with Crippen molar-refractivity contribution in [1.82, 2.24) is 5.32 Å². The number of nitrogens with one attached hydrogen (secondary N) is 1. The number of aliphatic hydroxyl groups is 1. The summed E-state index contributed by atoms with van der Waals surface area (Å²) in [7, 11) is 1.25. The van der Waals surface area contributed by atoms with Crippen molar-refractivity contribution >= 4 is 18.4 Å². The Bertz CT molecular complexity index is 709. The molecule has 27 heavy (non-hydrogen) atoms. The van der Waals surface area contributed by atoms with Crippen molar-refractivity contribution in [3.05, 3.63) is 65.2 Å². The first-order chi connectivity index (χ1) is 12.5. The van der Waals surface area contributed by atoms with E-state index in [0.717, 1.165) is 19.3 Å². The predicted octanol–water partition coefficient (Wildman–Crippen LogP) is 3.64. The third-order valence-electron chi connectivity index (χ3n) is 4.42. The van der Waals surface area contributed by atoms with Crippen LogP contribution in [0.3, 0.4) is 0 Å². The van der Waals surface area contributed by atoms with E-state index in [4.69, 9.17) is 0 Å². The van der Waals surface area contributed by atoms with Crippen LogP contribution in [-0.2, 0) is 11.2 Å². The van der Waals surface area contributed by atoms with Gasteiger partial charge in [0.2, 0.25) is 0 Å². The molecule has 0 heterocycles. The minimum atomic E-state index is -0.768. The number of hydrogen-bond donors (Lipinski definition) is 3. The fourth-order valence-electron chi connectivity index (χ4n) is 2.82. The molecule has 0 radical (unpaired) electrons. The Kier molecular flexibility index (Phi) is 9.86. The number of phenolic OH excluding ortho intramolecular Hbond substituents is 1. The Morgan fingerprint density at radius 1 is 1.19 bits per heavy atom. The van der Waals surface area contributed by atoms with Crippen LogP contribution >= 0.6 is 12.4 Å². The number of carbonyl (C=O) groups is 1. The number of benzene rings is 2. The van der Waals surface area contributed by atoms with Crippen LogP contribution in [0, 0.1) is 0 Å². The summed E-state index contributed by atoms with van der Waals surface area (Å²) in [5.41, 5.74) is 1.95. The van der Waals surface area contributed by atoms with Gasteiger partial charge in [-0.25, -0.2) is 4.79 Å². The van der Waals surface area contributed by atoms with Gasteiger partial charge in [0.1, 0.15) is 11.3 Å². The first-order valence-electron chi connectivity index (χ1n) is 8.88. The molecular formula is C21H28ClNO4. The fraction of sp³-hybridized carbons (Fsp3) is 0.381. The van der Waals surface area contributed by atoms with Gasteiger partial charge in [0, 0.05) is 12.6 Å². The number of aromatic hydroxyl groups is 1. The van der Waals surface area contributed by atoms with Crippen LogP contribution in [0.15, 0.2) is 48.5 Å². The average molecular weight is 394 g/mol. The van der Waals surface area contributed by atoms with Crippen molar-refractivity contribution in [3.63, 3.8) is 0 Å². The highest BCUT2D eigenvalue weighted by molar-refractivity contribution is 5.92. The van der Waals surface area contributed by atoms with Crippen LogP contribution in [0.5, 0.6) is 5.75 Å². The molecule has 2 aromatic rings. The molecule has 6 heteroatoms. The van der Waals surface area contributed by atoms with Crippen molar-refractivity contribution in [2.45, 2.75) is 38.3 Å². The zero-order valence-corrected chi connectivity index (χ0v) is 16.5. The van der Waals surface area contributed by atoms with E-state index in [1.165, 1.54) is 24.8 Å². The van der Waals surface area contributed by atoms with E-state index in [1.54, 1.807) is 6.07 Å². The lowest BCUT2D eigenvalue weighted by atomic mass is 10.0. The summed E-state index contributed by atoms with van der Waals surface area (Å²) in [4.78, 5) is 11.6. The van der Waals surface area contributed by atoms with Gasteiger partial charge in [-0.1, -0.05) is 36.4 Å². The number of rotatable bonds is 9. The van der Waals surface area contributed by atoms with Gasteiger partial charge in [0.15, 0.2) is 0 Å². The van der Waals surface area contributed by atoms with E-state index in [2.05, 4.69) is 29.1 Å². The number of ether oxygens (including phenoxy) is 1. The molecule has 0 aliphatic rings. The fourth-order valence-corrected chi connectivity index (χ4v) is 2.82. The van der Waals surface area contributed by atoms with Crippen molar-refractivity contribution in [2.75, 3.05) is 13.7 Å². The Labute approximate surface area is 166 Å². The number of phenols is 1. The summed E-state index contributed by atoms with van der Waals surface area (Å²) < 4.78 is 4.63. The van der Waals surface area contributed by atoms with Crippen molar-refractivity contribution in [1.29, 1.82) is 0 Å². The van der Waals surface area contributed by atoms with E-state index >= 15 is 0 Å². The second-order valence-corrected chi connectivity index (χ2v) is 6.47. The number of hydrogen-bond acceptors (Lipinski definition) is 5. The predicted molar refractivity (Wildman–Crippen MR) is 108 cm³/mol. The van der Waals surface area contributed by atoms with Gasteiger partial charge in [-0.2, -0.15) is 0 Å².